The quantitative estimate of drug-likeness (QED) is 0.865. The third kappa shape index (κ3) is 2.97. The van der Waals surface area contributed by atoms with Crippen LogP contribution in [0.4, 0.5) is 11.4 Å². The van der Waals surface area contributed by atoms with Crippen molar-refractivity contribution < 1.29 is 19.5 Å². The van der Waals surface area contributed by atoms with Gasteiger partial charge in [-0.1, -0.05) is 12.8 Å². The molecule has 1 aromatic carbocycles. The fourth-order valence-corrected chi connectivity index (χ4v) is 4.20. The van der Waals surface area contributed by atoms with Crippen LogP contribution in [-0.4, -0.2) is 29.4 Å². The van der Waals surface area contributed by atoms with E-state index in [-0.39, 0.29) is 11.8 Å². The predicted molar refractivity (Wildman–Crippen MR) is 99.2 cm³/mol. The second-order valence-corrected chi connectivity index (χ2v) is 7.73. The Hall–Kier alpha value is -2.37. The van der Waals surface area contributed by atoms with Crippen LogP contribution in [0.1, 0.15) is 52.0 Å². The van der Waals surface area contributed by atoms with Gasteiger partial charge in [0, 0.05) is 17.9 Å². The summed E-state index contributed by atoms with van der Waals surface area (Å²) in [7, 11) is 0. The summed E-state index contributed by atoms with van der Waals surface area (Å²) in [6.07, 6.45) is 2.87. The molecule has 3 rings (SSSR count). The van der Waals surface area contributed by atoms with Gasteiger partial charge in [0.1, 0.15) is 0 Å². The molecule has 1 aliphatic carbocycles. The van der Waals surface area contributed by atoms with Gasteiger partial charge in [-0.3, -0.25) is 14.4 Å². The van der Waals surface area contributed by atoms with E-state index in [1.54, 1.807) is 11.0 Å². The van der Waals surface area contributed by atoms with E-state index in [1.807, 2.05) is 32.9 Å². The number of carbonyl (C=O) groups excluding carboxylic acids is 2. The first-order valence-electron chi connectivity index (χ1n) is 9.27. The van der Waals surface area contributed by atoms with E-state index in [2.05, 4.69) is 5.32 Å². The maximum atomic E-state index is 12.7. The smallest absolute Gasteiger partial charge is 0.307 e. The van der Waals surface area contributed by atoms with Crippen molar-refractivity contribution >= 4 is 29.2 Å². The highest BCUT2D eigenvalue weighted by molar-refractivity contribution is 6.08. The van der Waals surface area contributed by atoms with Crippen molar-refractivity contribution in [1.82, 2.24) is 0 Å². The van der Waals surface area contributed by atoms with Crippen molar-refractivity contribution in [3.05, 3.63) is 23.8 Å². The molecule has 26 heavy (non-hydrogen) atoms. The minimum atomic E-state index is -0.899. The lowest BCUT2D eigenvalue weighted by Gasteiger charge is -2.27. The number of nitrogens with one attached hydrogen (secondary N) is 1. The van der Waals surface area contributed by atoms with Gasteiger partial charge in [0.15, 0.2) is 0 Å². The molecule has 2 aliphatic rings. The Morgan fingerprint density at radius 2 is 1.88 bits per heavy atom. The Morgan fingerprint density at radius 3 is 2.50 bits per heavy atom. The van der Waals surface area contributed by atoms with Gasteiger partial charge in [0.05, 0.1) is 17.3 Å². The maximum Gasteiger partial charge on any atom is 0.307 e. The summed E-state index contributed by atoms with van der Waals surface area (Å²) in [6.45, 7) is 6.31. The molecule has 1 saturated carbocycles. The minimum Gasteiger partial charge on any atom is -0.481 e. The van der Waals surface area contributed by atoms with Crippen LogP contribution in [-0.2, 0) is 19.8 Å². The zero-order valence-corrected chi connectivity index (χ0v) is 15.5. The molecule has 2 amide bonds. The predicted octanol–water partition coefficient (Wildman–Crippen LogP) is 3.16. The molecule has 1 aromatic rings. The first kappa shape index (κ1) is 18.4. The number of rotatable bonds is 4. The van der Waals surface area contributed by atoms with Crippen molar-refractivity contribution in [2.75, 3.05) is 16.8 Å². The normalized spacial score (nSPS) is 24.3. The number of fused-ring (bicyclic) bond motifs is 1. The summed E-state index contributed by atoms with van der Waals surface area (Å²) < 4.78 is 0. The molecule has 0 aromatic heterocycles. The molecular formula is C20H26N2O4. The highest BCUT2D eigenvalue weighted by Crippen LogP contribution is 2.42. The van der Waals surface area contributed by atoms with Crippen LogP contribution in [0.3, 0.4) is 0 Å². The number of likely N-dealkylation sites (N-methyl/N-ethyl adjacent to an activating group) is 1. The molecule has 6 nitrogen and oxygen atoms in total. The van der Waals surface area contributed by atoms with Crippen LogP contribution in [0, 0.1) is 11.8 Å². The lowest BCUT2D eigenvalue weighted by atomic mass is 9.78. The molecule has 2 N–H and O–H groups in total. The van der Waals surface area contributed by atoms with Crippen molar-refractivity contribution in [1.29, 1.82) is 0 Å². The average molecular weight is 358 g/mol. The summed E-state index contributed by atoms with van der Waals surface area (Å²) in [6, 6.07) is 5.49. The number of anilines is 2. The molecule has 0 spiro atoms. The van der Waals surface area contributed by atoms with Gasteiger partial charge in [-0.25, -0.2) is 0 Å². The Bertz CT molecular complexity index is 756. The lowest BCUT2D eigenvalue weighted by Crippen LogP contribution is -2.36. The Kier molecular flexibility index (Phi) is 4.78. The molecule has 1 aliphatic heterocycles. The summed E-state index contributed by atoms with van der Waals surface area (Å²) >= 11 is 0. The van der Waals surface area contributed by atoms with E-state index in [4.69, 9.17) is 0 Å². The number of amides is 2. The zero-order valence-electron chi connectivity index (χ0n) is 15.5. The van der Waals surface area contributed by atoms with Gasteiger partial charge >= 0.3 is 5.97 Å². The average Bonchev–Trinajstić information content (AvgIpc) is 2.81. The highest BCUT2D eigenvalue weighted by atomic mass is 16.4. The number of hydrogen-bond acceptors (Lipinski definition) is 3. The van der Waals surface area contributed by atoms with E-state index in [0.29, 0.717) is 25.1 Å². The van der Waals surface area contributed by atoms with Crippen LogP contribution < -0.4 is 10.2 Å². The van der Waals surface area contributed by atoms with E-state index >= 15 is 0 Å². The second-order valence-electron chi connectivity index (χ2n) is 7.73. The van der Waals surface area contributed by atoms with Gasteiger partial charge in [-0.2, -0.15) is 0 Å². The standard InChI is InChI=1S/C20H26N2O4/c1-4-22-16-10-9-12(11-15(16)20(2,3)19(22)26)21-17(23)13-7-5-6-8-14(13)18(24)25/h9-11,13-14H,4-8H2,1-3H3,(H,21,23)(H,24,25)/t13-,14+/m0/s1. The third-order valence-electron chi connectivity index (χ3n) is 5.74. The fourth-order valence-electron chi connectivity index (χ4n) is 4.20. The van der Waals surface area contributed by atoms with Gasteiger partial charge in [0.2, 0.25) is 11.8 Å². The molecule has 1 fully saturated rings. The molecule has 1 heterocycles. The minimum absolute atomic E-state index is 0.0525. The monoisotopic (exact) mass is 358 g/mol. The van der Waals surface area contributed by atoms with Crippen LogP contribution in [0.25, 0.3) is 0 Å². The fraction of sp³-hybridized carbons (Fsp3) is 0.550. The van der Waals surface area contributed by atoms with Crippen molar-refractivity contribution in [2.45, 2.75) is 51.9 Å². The Morgan fingerprint density at radius 1 is 1.23 bits per heavy atom. The topological polar surface area (TPSA) is 86.7 Å². The zero-order chi connectivity index (χ0) is 19.1. The summed E-state index contributed by atoms with van der Waals surface area (Å²) in [4.78, 5) is 38.5. The lowest BCUT2D eigenvalue weighted by molar-refractivity contribution is -0.147. The molecule has 0 radical (unpaired) electrons. The Balaban J connectivity index is 1.84. The van der Waals surface area contributed by atoms with Crippen LogP contribution in [0.5, 0.6) is 0 Å². The van der Waals surface area contributed by atoms with Crippen molar-refractivity contribution in [2.24, 2.45) is 11.8 Å². The highest BCUT2D eigenvalue weighted by Gasteiger charge is 2.43. The van der Waals surface area contributed by atoms with Gasteiger partial charge in [-0.15, -0.1) is 0 Å². The van der Waals surface area contributed by atoms with E-state index in [1.165, 1.54) is 0 Å². The maximum absolute atomic E-state index is 12.7. The summed E-state index contributed by atoms with van der Waals surface area (Å²) in [5, 5.41) is 12.3. The number of benzene rings is 1. The van der Waals surface area contributed by atoms with Gasteiger partial charge in [-0.05, 0) is 57.4 Å². The summed E-state index contributed by atoms with van der Waals surface area (Å²) in [5.41, 5.74) is 1.74. The van der Waals surface area contributed by atoms with E-state index in [0.717, 1.165) is 24.1 Å². The number of carbonyl (C=O) groups is 3. The second kappa shape index (κ2) is 6.74. The molecule has 0 bridgehead atoms. The number of nitrogens with zero attached hydrogens (tertiary/aromatic N) is 1. The number of carboxylic acids is 1. The first-order valence-corrected chi connectivity index (χ1v) is 9.27. The molecular weight excluding hydrogens is 332 g/mol. The van der Waals surface area contributed by atoms with E-state index in [9.17, 15) is 19.5 Å². The van der Waals surface area contributed by atoms with Gasteiger partial charge in [0.25, 0.3) is 0 Å². The van der Waals surface area contributed by atoms with Gasteiger partial charge < -0.3 is 15.3 Å². The van der Waals surface area contributed by atoms with Crippen molar-refractivity contribution in [3.8, 4) is 0 Å². The third-order valence-corrected chi connectivity index (χ3v) is 5.74. The number of aliphatic carboxylic acids is 1. The molecule has 0 unspecified atom stereocenters. The molecule has 0 saturated heterocycles. The van der Waals surface area contributed by atoms with E-state index < -0.39 is 23.2 Å². The first-order chi connectivity index (χ1) is 12.3. The number of carboxylic acid groups (broad SMARTS) is 1. The molecule has 2 atom stereocenters. The Labute approximate surface area is 153 Å². The SMILES string of the molecule is CCN1C(=O)C(C)(C)c2cc(NC(=O)[C@H]3CCCC[C@H]3C(=O)O)ccc21. The largest absolute Gasteiger partial charge is 0.481 e. The summed E-state index contributed by atoms with van der Waals surface area (Å²) in [5.74, 6) is -2.21. The van der Waals surface area contributed by atoms with Crippen LogP contribution in [0.2, 0.25) is 0 Å². The molecule has 6 heteroatoms. The number of hydrogen-bond donors (Lipinski definition) is 2. The molecule has 140 valence electrons. The van der Waals surface area contributed by atoms with Crippen LogP contribution >= 0.6 is 0 Å². The van der Waals surface area contributed by atoms with Crippen LogP contribution in [0.15, 0.2) is 18.2 Å². The van der Waals surface area contributed by atoms with Crippen molar-refractivity contribution in [3.63, 3.8) is 0 Å².